The predicted molar refractivity (Wildman–Crippen MR) is 29.2 cm³/mol. The van der Waals surface area contributed by atoms with E-state index in [1.165, 1.54) is 0 Å². The van der Waals surface area contributed by atoms with Gasteiger partial charge in [0.15, 0.2) is 0 Å². The molecule has 0 saturated heterocycles. The number of nitrogens with zero attached hydrogens (tertiary/aromatic N) is 1. The molecule has 0 aromatic heterocycles. The fourth-order valence-corrected chi connectivity index (χ4v) is 0.813. The molecular formula is C5H6FNO2. The Bertz CT molecular complexity index is 166. The van der Waals surface area contributed by atoms with E-state index in [-0.39, 0.29) is 18.5 Å². The van der Waals surface area contributed by atoms with E-state index in [2.05, 4.69) is 0 Å². The Morgan fingerprint density at radius 3 is 2.78 bits per heavy atom. The van der Waals surface area contributed by atoms with E-state index in [0.29, 0.717) is 0 Å². The van der Waals surface area contributed by atoms with Gasteiger partial charge in [-0.25, -0.2) is 4.39 Å². The van der Waals surface area contributed by atoms with E-state index in [9.17, 15) is 14.5 Å². The van der Waals surface area contributed by atoms with E-state index in [1.54, 1.807) is 0 Å². The molecule has 0 heterocycles. The van der Waals surface area contributed by atoms with E-state index in [1.807, 2.05) is 0 Å². The average molecular weight is 131 g/mol. The van der Waals surface area contributed by atoms with Crippen LogP contribution in [0.15, 0.2) is 11.8 Å². The van der Waals surface area contributed by atoms with Crippen LogP contribution in [0.2, 0.25) is 0 Å². The summed E-state index contributed by atoms with van der Waals surface area (Å²) in [4.78, 5) is 9.39. The molecule has 1 aliphatic rings. The third-order valence-electron chi connectivity index (χ3n) is 1.28. The Hall–Kier alpha value is -0.930. The molecular weight excluding hydrogens is 125 g/mol. The van der Waals surface area contributed by atoms with Gasteiger partial charge in [-0.05, 0) is 6.42 Å². The highest BCUT2D eigenvalue weighted by Gasteiger charge is 2.22. The third kappa shape index (κ3) is 1.25. The normalized spacial score (nSPS) is 25.9. The summed E-state index contributed by atoms with van der Waals surface area (Å²) in [6, 6.07) is 0. The van der Waals surface area contributed by atoms with Crippen LogP contribution in [0.5, 0.6) is 0 Å². The molecule has 9 heavy (non-hydrogen) atoms. The van der Waals surface area contributed by atoms with Gasteiger partial charge in [0, 0.05) is 12.5 Å². The van der Waals surface area contributed by atoms with Crippen LogP contribution in [0.3, 0.4) is 0 Å². The molecule has 4 heteroatoms. The first-order valence-corrected chi connectivity index (χ1v) is 2.69. The second-order valence-electron chi connectivity index (χ2n) is 1.97. The number of rotatable bonds is 1. The van der Waals surface area contributed by atoms with Crippen LogP contribution in [0.4, 0.5) is 4.39 Å². The molecule has 1 rings (SSSR count). The van der Waals surface area contributed by atoms with E-state index in [0.717, 1.165) is 6.08 Å². The van der Waals surface area contributed by atoms with Crippen LogP contribution < -0.4 is 0 Å². The van der Waals surface area contributed by atoms with Crippen LogP contribution in [-0.4, -0.2) is 11.1 Å². The minimum Gasteiger partial charge on any atom is -0.259 e. The first kappa shape index (κ1) is 6.19. The molecule has 0 amide bonds. The van der Waals surface area contributed by atoms with E-state index >= 15 is 0 Å². The highest BCUT2D eigenvalue weighted by atomic mass is 19.1. The van der Waals surface area contributed by atoms with E-state index < -0.39 is 11.1 Å². The van der Waals surface area contributed by atoms with Crippen molar-refractivity contribution in [2.24, 2.45) is 0 Å². The summed E-state index contributed by atoms with van der Waals surface area (Å²) in [5.41, 5.74) is 0.0162. The average Bonchev–Trinajstić information content (AvgIpc) is 2.14. The number of allylic oxidation sites excluding steroid dienone is 2. The van der Waals surface area contributed by atoms with Gasteiger partial charge in [-0.1, -0.05) is 0 Å². The predicted octanol–water partition coefficient (Wildman–Crippen LogP) is 1.28. The van der Waals surface area contributed by atoms with Gasteiger partial charge in [-0.15, -0.1) is 0 Å². The Balaban J connectivity index is 2.62. The van der Waals surface area contributed by atoms with Crippen molar-refractivity contribution in [3.05, 3.63) is 21.9 Å². The lowest BCUT2D eigenvalue weighted by Crippen LogP contribution is -1.93. The minimum atomic E-state index is -1.09. The zero-order chi connectivity index (χ0) is 6.85. The standard InChI is InChI=1S/C5H6FNO2/c6-4-1-2-5(3-4)7(8)9/h3-4H,1-2H2. The maximum atomic E-state index is 12.2. The summed E-state index contributed by atoms with van der Waals surface area (Å²) in [5.74, 6) is 0. The third-order valence-corrected chi connectivity index (χ3v) is 1.28. The first-order chi connectivity index (χ1) is 4.20. The SMILES string of the molecule is O=[N+]([O-])C1=CC(F)CC1. The highest BCUT2D eigenvalue weighted by Crippen LogP contribution is 2.20. The molecule has 1 unspecified atom stereocenters. The van der Waals surface area contributed by atoms with E-state index in [4.69, 9.17) is 0 Å². The first-order valence-electron chi connectivity index (χ1n) is 2.69. The summed E-state index contributed by atoms with van der Waals surface area (Å²) in [6.07, 6.45) is 0.523. The van der Waals surface area contributed by atoms with Gasteiger partial charge < -0.3 is 0 Å². The summed E-state index contributed by atoms with van der Waals surface area (Å²) >= 11 is 0. The van der Waals surface area contributed by atoms with Crippen LogP contribution in [0.25, 0.3) is 0 Å². The smallest absolute Gasteiger partial charge is 0.245 e. The van der Waals surface area contributed by atoms with Gasteiger partial charge in [0.2, 0.25) is 5.70 Å². The van der Waals surface area contributed by atoms with Crippen molar-refractivity contribution in [3.63, 3.8) is 0 Å². The molecule has 0 aliphatic heterocycles. The minimum absolute atomic E-state index is 0.0162. The molecule has 0 fully saturated rings. The zero-order valence-corrected chi connectivity index (χ0v) is 4.71. The number of alkyl halides is 1. The Morgan fingerprint density at radius 1 is 1.89 bits per heavy atom. The van der Waals surface area contributed by atoms with Gasteiger partial charge >= 0.3 is 0 Å². The molecule has 1 atom stereocenters. The lowest BCUT2D eigenvalue weighted by atomic mass is 10.3. The monoisotopic (exact) mass is 131 g/mol. The van der Waals surface area contributed by atoms with Crippen LogP contribution in [-0.2, 0) is 0 Å². The van der Waals surface area contributed by atoms with Gasteiger partial charge in [0.1, 0.15) is 6.17 Å². The van der Waals surface area contributed by atoms with Gasteiger partial charge in [-0.3, -0.25) is 10.1 Å². The summed E-state index contributed by atoms with van der Waals surface area (Å²) < 4.78 is 12.2. The van der Waals surface area contributed by atoms with Crippen LogP contribution in [0.1, 0.15) is 12.8 Å². The Labute approximate surface area is 51.3 Å². The quantitative estimate of drug-likeness (QED) is 0.397. The molecule has 1 aliphatic carbocycles. The van der Waals surface area contributed by atoms with Crippen molar-refractivity contribution in [1.29, 1.82) is 0 Å². The molecule has 0 bridgehead atoms. The second kappa shape index (κ2) is 2.13. The highest BCUT2D eigenvalue weighted by molar-refractivity contribution is 5.03. The van der Waals surface area contributed by atoms with Crippen molar-refractivity contribution >= 4 is 0 Å². The fourth-order valence-electron chi connectivity index (χ4n) is 0.813. The zero-order valence-electron chi connectivity index (χ0n) is 4.71. The van der Waals surface area contributed by atoms with Gasteiger partial charge in [-0.2, -0.15) is 0 Å². The largest absolute Gasteiger partial charge is 0.259 e. The molecule has 0 aromatic rings. The number of hydrogen-bond donors (Lipinski definition) is 0. The fraction of sp³-hybridized carbons (Fsp3) is 0.600. The molecule has 0 spiro atoms. The van der Waals surface area contributed by atoms with Gasteiger partial charge in [0.05, 0.1) is 4.92 Å². The van der Waals surface area contributed by atoms with Crippen LogP contribution >= 0.6 is 0 Å². The van der Waals surface area contributed by atoms with Crippen LogP contribution in [0, 0.1) is 10.1 Å². The maximum Gasteiger partial charge on any atom is 0.245 e. The van der Waals surface area contributed by atoms with Crippen molar-refractivity contribution < 1.29 is 9.31 Å². The molecule has 0 N–H and O–H groups in total. The molecule has 0 aromatic carbocycles. The maximum absolute atomic E-state index is 12.2. The van der Waals surface area contributed by atoms with Crippen molar-refractivity contribution in [2.75, 3.05) is 0 Å². The lowest BCUT2D eigenvalue weighted by Gasteiger charge is -1.84. The number of nitro groups is 1. The number of hydrogen-bond acceptors (Lipinski definition) is 2. The lowest BCUT2D eigenvalue weighted by molar-refractivity contribution is -0.426. The van der Waals surface area contributed by atoms with Crippen molar-refractivity contribution in [1.82, 2.24) is 0 Å². The van der Waals surface area contributed by atoms with Crippen molar-refractivity contribution in [2.45, 2.75) is 19.0 Å². The molecule has 50 valence electrons. The molecule has 3 nitrogen and oxygen atoms in total. The molecule has 0 radical (unpaired) electrons. The second-order valence-corrected chi connectivity index (χ2v) is 1.97. The van der Waals surface area contributed by atoms with Gasteiger partial charge in [0.25, 0.3) is 0 Å². The summed E-state index contributed by atoms with van der Waals surface area (Å²) in [6.45, 7) is 0. The topological polar surface area (TPSA) is 43.1 Å². The van der Waals surface area contributed by atoms with Crippen molar-refractivity contribution in [3.8, 4) is 0 Å². The summed E-state index contributed by atoms with van der Waals surface area (Å²) in [5, 5.41) is 9.92. The molecule has 0 saturated carbocycles. The summed E-state index contributed by atoms with van der Waals surface area (Å²) in [7, 11) is 0. The Kier molecular flexibility index (Phi) is 1.46. The Morgan fingerprint density at radius 2 is 2.56 bits per heavy atom. The number of halogens is 1.